The Morgan fingerprint density at radius 2 is 1.67 bits per heavy atom. The third-order valence-corrected chi connectivity index (χ3v) is 3.82. The lowest BCUT2D eigenvalue weighted by Gasteiger charge is -2.28. The van der Waals surface area contributed by atoms with E-state index in [-0.39, 0.29) is 6.54 Å². The van der Waals surface area contributed by atoms with Gasteiger partial charge in [-0.3, -0.25) is 9.69 Å². The molecule has 0 fully saturated rings. The van der Waals surface area contributed by atoms with Crippen molar-refractivity contribution in [1.82, 2.24) is 4.90 Å². The molecular formula is C17H15F2NO. The first-order chi connectivity index (χ1) is 10.1. The average molecular weight is 287 g/mol. The Labute approximate surface area is 122 Å². The number of hydrogen-bond donors (Lipinski definition) is 0. The lowest BCUT2D eigenvalue weighted by molar-refractivity contribution is 0.0913. The zero-order valence-corrected chi connectivity index (χ0v) is 11.5. The number of fused-ring (bicyclic) bond motifs is 1. The lowest BCUT2D eigenvalue weighted by atomic mass is 9.99. The van der Waals surface area contributed by atoms with Crippen molar-refractivity contribution in [3.05, 3.63) is 70.8 Å². The summed E-state index contributed by atoms with van der Waals surface area (Å²) in [6.07, 6.45) is 0.850. The van der Waals surface area contributed by atoms with E-state index in [4.69, 9.17) is 0 Å². The molecule has 1 aliphatic heterocycles. The minimum absolute atomic E-state index is 0.0339. The molecule has 0 N–H and O–H groups in total. The Morgan fingerprint density at radius 1 is 1.00 bits per heavy atom. The van der Waals surface area contributed by atoms with E-state index in [0.717, 1.165) is 25.1 Å². The maximum atomic E-state index is 13.6. The van der Waals surface area contributed by atoms with E-state index in [1.165, 1.54) is 17.2 Å². The van der Waals surface area contributed by atoms with Crippen LogP contribution in [0, 0.1) is 11.6 Å². The van der Waals surface area contributed by atoms with Crippen LogP contribution in [0.1, 0.15) is 21.5 Å². The summed E-state index contributed by atoms with van der Waals surface area (Å²) in [6.45, 7) is 1.39. The van der Waals surface area contributed by atoms with Crippen LogP contribution in [0.2, 0.25) is 0 Å². The second kappa shape index (κ2) is 5.74. The Balaban J connectivity index is 1.75. The van der Waals surface area contributed by atoms with Crippen LogP contribution in [0.3, 0.4) is 0 Å². The molecular weight excluding hydrogens is 272 g/mol. The van der Waals surface area contributed by atoms with Crippen molar-refractivity contribution in [1.29, 1.82) is 0 Å². The molecule has 2 aromatic carbocycles. The smallest absolute Gasteiger partial charge is 0.182 e. The molecule has 0 amide bonds. The normalized spacial score (nSPS) is 14.8. The average Bonchev–Trinajstić information content (AvgIpc) is 2.47. The molecule has 0 atom stereocenters. The van der Waals surface area contributed by atoms with Crippen molar-refractivity contribution in [2.75, 3.05) is 13.1 Å². The SMILES string of the molecule is O=C(CN1CCc2ccccc2C1)c1c(F)cccc1F. The molecule has 0 radical (unpaired) electrons. The van der Waals surface area contributed by atoms with Crippen molar-refractivity contribution in [2.45, 2.75) is 13.0 Å². The molecule has 0 saturated carbocycles. The molecule has 4 heteroatoms. The highest BCUT2D eigenvalue weighted by Gasteiger charge is 2.22. The van der Waals surface area contributed by atoms with Crippen molar-refractivity contribution in [3.63, 3.8) is 0 Å². The van der Waals surface area contributed by atoms with Crippen LogP contribution in [-0.2, 0) is 13.0 Å². The maximum Gasteiger partial charge on any atom is 0.182 e. The second-order valence-corrected chi connectivity index (χ2v) is 5.25. The number of ketones is 1. The monoisotopic (exact) mass is 287 g/mol. The van der Waals surface area contributed by atoms with Crippen molar-refractivity contribution in [3.8, 4) is 0 Å². The van der Waals surface area contributed by atoms with Gasteiger partial charge >= 0.3 is 0 Å². The summed E-state index contributed by atoms with van der Waals surface area (Å²) in [5, 5.41) is 0. The number of rotatable bonds is 3. The summed E-state index contributed by atoms with van der Waals surface area (Å²) in [5.74, 6) is -2.10. The highest BCUT2D eigenvalue weighted by atomic mass is 19.1. The topological polar surface area (TPSA) is 20.3 Å². The molecule has 0 unspecified atom stereocenters. The fourth-order valence-corrected chi connectivity index (χ4v) is 2.74. The summed E-state index contributed by atoms with van der Waals surface area (Å²) >= 11 is 0. The summed E-state index contributed by atoms with van der Waals surface area (Å²) in [7, 11) is 0. The first-order valence-corrected chi connectivity index (χ1v) is 6.91. The van der Waals surface area contributed by atoms with Crippen molar-refractivity contribution < 1.29 is 13.6 Å². The fraction of sp³-hybridized carbons (Fsp3) is 0.235. The van der Waals surface area contributed by atoms with Gasteiger partial charge in [-0.2, -0.15) is 0 Å². The Kier molecular flexibility index (Phi) is 3.80. The van der Waals surface area contributed by atoms with Gasteiger partial charge in [-0.1, -0.05) is 30.3 Å². The summed E-state index contributed by atoms with van der Waals surface area (Å²) in [6, 6.07) is 11.5. The molecule has 108 valence electrons. The van der Waals surface area contributed by atoms with Gasteiger partial charge in [0, 0.05) is 13.1 Å². The van der Waals surface area contributed by atoms with E-state index in [1.807, 2.05) is 23.1 Å². The van der Waals surface area contributed by atoms with Crippen LogP contribution in [0.5, 0.6) is 0 Å². The van der Waals surface area contributed by atoms with Crippen molar-refractivity contribution in [2.24, 2.45) is 0 Å². The van der Waals surface area contributed by atoms with Crippen LogP contribution < -0.4 is 0 Å². The van der Waals surface area contributed by atoms with Gasteiger partial charge in [-0.25, -0.2) is 8.78 Å². The van der Waals surface area contributed by atoms with Gasteiger partial charge in [-0.15, -0.1) is 0 Å². The standard InChI is InChI=1S/C17H15F2NO/c18-14-6-3-7-15(19)17(14)16(21)11-20-9-8-12-4-1-2-5-13(12)10-20/h1-7H,8-11H2. The number of halogens is 2. The molecule has 0 saturated heterocycles. The lowest BCUT2D eigenvalue weighted by Crippen LogP contribution is -2.35. The van der Waals surface area contributed by atoms with Crippen molar-refractivity contribution >= 4 is 5.78 Å². The van der Waals surface area contributed by atoms with Gasteiger partial charge in [0.05, 0.1) is 12.1 Å². The van der Waals surface area contributed by atoms with Gasteiger partial charge in [0.2, 0.25) is 0 Å². The Morgan fingerprint density at radius 3 is 2.38 bits per heavy atom. The highest BCUT2D eigenvalue weighted by molar-refractivity contribution is 5.98. The zero-order valence-electron chi connectivity index (χ0n) is 11.5. The summed E-state index contributed by atoms with van der Waals surface area (Å²) in [5.41, 5.74) is 2.01. The quantitative estimate of drug-likeness (QED) is 0.808. The summed E-state index contributed by atoms with van der Waals surface area (Å²) < 4.78 is 27.2. The highest BCUT2D eigenvalue weighted by Crippen LogP contribution is 2.20. The second-order valence-electron chi connectivity index (χ2n) is 5.25. The Bertz CT molecular complexity index is 664. The van der Waals surface area contributed by atoms with Gasteiger partial charge in [0.15, 0.2) is 5.78 Å². The minimum atomic E-state index is -0.794. The largest absolute Gasteiger partial charge is 0.292 e. The molecule has 2 nitrogen and oxygen atoms in total. The van der Waals surface area contributed by atoms with E-state index in [1.54, 1.807) is 0 Å². The number of benzene rings is 2. The van der Waals surface area contributed by atoms with E-state index < -0.39 is 23.0 Å². The van der Waals surface area contributed by atoms with E-state index in [0.29, 0.717) is 6.54 Å². The third-order valence-electron chi connectivity index (χ3n) is 3.82. The van der Waals surface area contributed by atoms with E-state index in [9.17, 15) is 13.6 Å². The predicted molar refractivity (Wildman–Crippen MR) is 76.1 cm³/mol. The van der Waals surface area contributed by atoms with Gasteiger partial charge in [-0.05, 0) is 29.7 Å². The first-order valence-electron chi connectivity index (χ1n) is 6.91. The van der Waals surface area contributed by atoms with Gasteiger partial charge in [0.1, 0.15) is 11.6 Å². The van der Waals surface area contributed by atoms with Crippen LogP contribution in [-0.4, -0.2) is 23.8 Å². The summed E-state index contributed by atoms with van der Waals surface area (Å²) in [4.78, 5) is 14.1. The van der Waals surface area contributed by atoms with Crippen LogP contribution in [0.15, 0.2) is 42.5 Å². The third kappa shape index (κ3) is 2.85. The number of hydrogen-bond acceptors (Lipinski definition) is 2. The van der Waals surface area contributed by atoms with Gasteiger partial charge in [0.25, 0.3) is 0 Å². The molecule has 1 heterocycles. The van der Waals surface area contributed by atoms with Crippen LogP contribution >= 0.6 is 0 Å². The Hall–Kier alpha value is -2.07. The first kappa shape index (κ1) is 13.9. The van der Waals surface area contributed by atoms with Gasteiger partial charge < -0.3 is 0 Å². The number of carbonyl (C=O) groups is 1. The molecule has 0 aromatic heterocycles. The number of Topliss-reactive ketones (excluding diaryl/α,β-unsaturated/α-hetero) is 1. The predicted octanol–water partition coefficient (Wildman–Crippen LogP) is 3.21. The molecule has 1 aliphatic rings. The van der Waals surface area contributed by atoms with Crippen LogP contribution in [0.25, 0.3) is 0 Å². The van der Waals surface area contributed by atoms with Crippen LogP contribution in [0.4, 0.5) is 8.78 Å². The minimum Gasteiger partial charge on any atom is -0.292 e. The molecule has 0 bridgehead atoms. The maximum absolute atomic E-state index is 13.6. The zero-order chi connectivity index (χ0) is 14.8. The van der Waals surface area contributed by atoms with E-state index in [2.05, 4.69) is 6.07 Å². The fourth-order valence-electron chi connectivity index (χ4n) is 2.74. The molecule has 3 rings (SSSR count). The van der Waals surface area contributed by atoms with E-state index >= 15 is 0 Å². The molecule has 0 aliphatic carbocycles. The molecule has 21 heavy (non-hydrogen) atoms. The molecule has 2 aromatic rings. The molecule has 0 spiro atoms. The number of nitrogens with zero attached hydrogens (tertiary/aromatic N) is 1. The number of carbonyl (C=O) groups excluding carboxylic acids is 1.